The Labute approximate surface area is 70.8 Å². The third kappa shape index (κ3) is 0.998. The highest BCUT2D eigenvalue weighted by atomic mass is 16.3. The first-order valence-corrected chi connectivity index (χ1v) is 4.03. The predicted octanol–water partition coefficient (Wildman–Crippen LogP) is 1.62. The third-order valence-corrected chi connectivity index (χ3v) is 2.46. The maximum atomic E-state index is 10.7. The average molecular weight is 162 g/mol. The molecular formula is C10H10O2. The predicted molar refractivity (Wildman–Crippen MR) is 45.1 cm³/mol. The number of carbonyl (C=O) groups is 1. The zero-order valence-electron chi connectivity index (χ0n) is 6.66. The highest BCUT2D eigenvalue weighted by Gasteiger charge is 2.43. The van der Waals surface area contributed by atoms with Crippen LogP contribution in [0.2, 0.25) is 0 Å². The van der Waals surface area contributed by atoms with Gasteiger partial charge in [-0.2, -0.15) is 0 Å². The Morgan fingerprint density at radius 2 is 1.83 bits per heavy atom. The lowest BCUT2D eigenvalue weighted by Gasteiger charge is -2.05. The number of phenols is 1. The summed E-state index contributed by atoms with van der Waals surface area (Å²) in [6, 6.07) is 6.88. The third-order valence-electron chi connectivity index (χ3n) is 2.46. The van der Waals surface area contributed by atoms with E-state index in [1.165, 1.54) is 0 Å². The molecule has 1 saturated carbocycles. The molecular weight excluding hydrogens is 152 g/mol. The van der Waals surface area contributed by atoms with Crippen molar-refractivity contribution in [3.63, 3.8) is 0 Å². The lowest BCUT2D eigenvalue weighted by Crippen LogP contribution is -2.06. The number of aromatic hydroxyl groups is 1. The van der Waals surface area contributed by atoms with Gasteiger partial charge in [0.25, 0.3) is 0 Å². The second kappa shape index (κ2) is 2.34. The number of rotatable bonds is 2. The van der Waals surface area contributed by atoms with Gasteiger partial charge in [-0.05, 0) is 30.5 Å². The van der Waals surface area contributed by atoms with Gasteiger partial charge in [0.05, 0.1) is 5.41 Å². The minimum Gasteiger partial charge on any atom is -0.508 e. The van der Waals surface area contributed by atoms with E-state index in [-0.39, 0.29) is 11.2 Å². The highest BCUT2D eigenvalue weighted by Crippen LogP contribution is 2.46. The molecule has 1 aromatic carbocycles. The molecule has 1 aliphatic carbocycles. The van der Waals surface area contributed by atoms with Gasteiger partial charge in [-0.3, -0.25) is 0 Å². The molecule has 2 heteroatoms. The number of benzene rings is 1. The molecule has 0 spiro atoms. The molecule has 0 unspecified atom stereocenters. The van der Waals surface area contributed by atoms with Gasteiger partial charge in [-0.25, -0.2) is 0 Å². The summed E-state index contributed by atoms with van der Waals surface area (Å²) in [5.74, 6) is 0.250. The molecule has 0 amide bonds. The first-order chi connectivity index (χ1) is 5.77. The molecule has 0 heterocycles. The standard InChI is InChI=1S/C10H10O2/c11-7-10(5-6-10)8-1-3-9(12)4-2-8/h1-4,7,12H,5-6H2. The normalized spacial score (nSPS) is 18.7. The molecule has 2 rings (SSSR count). The van der Waals surface area contributed by atoms with E-state index in [2.05, 4.69) is 0 Å². The van der Waals surface area contributed by atoms with E-state index in [9.17, 15) is 4.79 Å². The van der Waals surface area contributed by atoms with Crippen molar-refractivity contribution in [2.45, 2.75) is 18.3 Å². The molecule has 1 aromatic rings. The van der Waals surface area contributed by atoms with E-state index in [0.717, 1.165) is 24.7 Å². The summed E-state index contributed by atoms with van der Waals surface area (Å²) < 4.78 is 0. The van der Waals surface area contributed by atoms with Crippen molar-refractivity contribution in [3.05, 3.63) is 29.8 Å². The molecule has 0 bridgehead atoms. The van der Waals surface area contributed by atoms with Gasteiger partial charge in [0.15, 0.2) is 0 Å². The molecule has 1 aliphatic rings. The second-order valence-electron chi connectivity index (χ2n) is 3.32. The Hall–Kier alpha value is -1.31. The van der Waals surface area contributed by atoms with E-state index < -0.39 is 0 Å². The quantitative estimate of drug-likeness (QED) is 0.671. The van der Waals surface area contributed by atoms with Crippen LogP contribution in [0.3, 0.4) is 0 Å². The first kappa shape index (κ1) is 7.35. The fourth-order valence-corrected chi connectivity index (χ4v) is 1.40. The smallest absolute Gasteiger partial charge is 0.130 e. The van der Waals surface area contributed by atoms with Crippen LogP contribution >= 0.6 is 0 Å². The van der Waals surface area contributed by atoms with Crippen LogP contribution in [0.5, 0.6) is 5.75 Å². The van der Waals surface area contributed by atoms with Crippen molar-refractivity contribution in [1.29, 1.82) is 0 Å². The van der Waals surface area contributed by atoms with Crippen LogP contribution in [-0.2, 0) is 10.2 Å². The van der Waals surface area contributed by atoms with Crippen LogP contribution in [-0.4, -0.2) is 11.4 Å². The van der Waals surface area contributed by atoms with Crippen LogP contribution < -0.4 is 0 Å². The van der Waals surface area contributed by atoms with Crippen LogP contribution in [0.4, 0.5) is 0 Å². The van der Waals surface area contributed by atoms with Crippen molar-refractivity contribution in [2.24, 2.45) is 0 Å². The Bertz CT molecular complexity index is 296. The summed E-state index contributed by atoms with van der Waals surface area (Å²) in [6.07, 6.45) is 2.90. The Morgan fingerprint density at radius 3 is 2.25 bits per heavy atom. The molecule has 62 valence electrons. The molecule has 0 saturated heterocycles. The van der Waals surface area contributed by atoms with E-state index in [4.69, 9.17) is 5.11 Å². The van der Waals surface area contributed by atoms with Gasteiger partial charge >= 0.3 is 0 Å². The summed E-state index contributed by atoms with van der Waals surface area (Å²) in [7, 11) is 0. The molecule has 0 atom stereocenters. The maximum Gasteiger partial charge on any atom is 0.130 e. The molecule has 0 radical (unpaired) electrons. The fourth-order valence-electron chi connectivity index (χ4n) is 1.40. The van der Waals surface area contributed by atoms with Gasteiger partial charge in [-0.1, -0.05) is 12.1 Å². The zero-order chi connectivity index (χ0) is 8.60. The van der Waals surface area contributed by atoms with Gasteiger partial charge < -0.3 is 9.90 Å². The largest absolute Gasteiger partial charge is 0.508 e. The Morgan fingerprint density at radius 1 is 1.25 bits per heavy atom. The molecule has 2 nitrogen and oxygen atoms in total. The van der Waals surface area contributed by atoms with Crippen LogP contribution in [0, 0.1) is 0 Å². The fraction of sp³-hybridized carbons (Fsp3) is 0.300. The van der Waals surface area contributed by atoms with Gasteiger partial charge in [0.2, 0.25) is 0 Å². The topological polar surface area (TPSA) is 37.3 Å². The van der Waals surface area contributed by atoms with Gasteiger partial charge in [-0.15, -0.1) is 0 Å². The van der Waals surface area contributed by atoms with Crippen molar-refractivity contribution >= 4 is 6.29 Å². The molecule has 0 aromatic heterocycles. The van der Waals surface area contributed by atoms with Crippen molar-refractivity contribution in [1.82, 2.24) is 0 Å². The minimum absolute atomic E-state index is 0.215. The maximum absolute atomic E-state index is 10.7. The van der Waals surface area contributed by atoms with E-state index >= 15 is 0 Å². The summed E-state index contributed by atoms with van der Waals surface area (Å²) in [5.41, 5.74) is 0.809. The van der Waals surface area contributed by atoms with E-state index in [1.807, 2.05) is 12.1 Å². The minimum atomic E-state index is -0.215. The van der Waals surface area contributed by atoms with Crippen molar-refractivity contribution < 1.29 is 9.90 Å². The summed E-state index contributed by atoms with van der Waals surface area (Å²) in [5, 5.41) is 9.03. The number of phenolic OH excluding ortho intramolecular Hbond substituents is 1. The first-order valence-electron chi connectivity index (χ1n) is 4.03. The van der Waals surface area contributed by atoms with E-state index in [0.29, 0.717) is 0 Å². The van der Waals surface area contributed by atoms with E-state index in [1.54, 1.807) is 12.1 Å². The summed E-state index contributed by atoms with van der Waals surface area (Å²) in [6.45, 7) is 0. The molecule has 1 fully saturated rings. The Balaban J connectivity index is 2.35. The van der Waals surface area contributed by atoms with Crippen molar-refractivity contribution in [2.75, 3.05) is 0 Å². The van der Waals surface area contributed by atoms with Crippen LogP contribution in [0.1, 0.15) is 18.4 Å². The zero-order valence-corrected chi connectivity index (χ0v) is 6.66. The molecule has 12 heavy (non-hydrogen) atoms. The molecule has 0 aliphatic heterocycles. The lowest BCUT2D eigenvalue weighted by atomic mass is 9.98. The number of hydrogen-bond donors (Lipinski definition) is 1. The summed E-state index contributed by atoms with van der Waals surface area (Å²) in [4.78, 5) is 10.7. The SMILES string of the molecule is O=CC1(c2ccc(O)cc2)CC1. The molecule has 1 N–H and O–H groups in total. The number of carbonyl (C=O) groups excluding carboxylic acids is 1. The van der Waals surface area contributed by atoms with Crippen molar-refractivity contribution in [3.8, 4) is 5.75 Å². The number of hydrogen-bond acceptors (Lipinski definition) is 2. The Kier molecular flexibility index (Phi) is 1.43. The lowest BCUT2D eigenvalue weighted by molar-refractivity contribution is -0.109. The summed E-state index contributed by atoms with van der Waals surface area (Å²) >= 11 is 0. The van der Waals surface area contributed by atoms with Gasteiger partial charge in [0, 0.05) is 0 Å². The number of aldehydes is 1. The second-order valence-corrected chi connectivity index (χ2v) is 3.32. The highest BCUT2D eigenvalue weighted by molar-refractivity contribution is 5.73. The van der Waals surface area contributed by atoms with Crippen LogP contribution in [0.25, 0.3) is 0 Å². The van der Waals surface area contributed by atoms with Crippen LogP contribution in [0.15, 0.2) is 24.3 Å². The van der Waals surface area contributed by atoms with Gasteiger partial charge in [0.1, 0.15) is 12.0 Å². The monoisotopic (exact) mass is 162 g/mol. The average Bonchev–Trinajstić information content (AvgIpc) is 2.86.